The third kappa shape index (κ3) is 5.18. The zero-order valence-electron chi connectivity index (χ0n) is 9.91. The van der Waals surface area contributed by atoms with Crippen LogP contribution in [-0.2, 0) is 0 Å². The van der Waals surface area contributed by atoms with Crippen molar-refractivity contribution in [1.82, 2.24) is 0 Å². The third-order valence-electron chi connectivity index (χ3n) is 2.13. The van der Waals surface area contributed by atoms with Crippen molar-refractivity contribution in [3.8, 4) is 5.75 Å². The minimum absolute atomic E-state index is 0.165. The van der Waals surface area contributed by atoms with Gasteiger partial charge in [0.2, 0.25) is 0 Å². The standard InChI is InChI=1S/C12H15F3O2S/c1-2-7-18-8-10(16)9-5-3-4-6-11(9)17-12(13,14)15/h3-6,10,16H,2,7-8H2,1H3. The molecule has 0 fully saturated rings. The molecule has 0 aliphatic carbocycles. The SMILES string of the molecule is CCCSCC(O)c1ccccc1OC(F)(F)F. The fraction of sp³-hybridized carbons (Fsp3) is 0.500. The summed E-state index contributed by atoms with van der Waals surface area (Å²) in [5.41, 5.74) is 0.165. The Bertz CT molecular complexity index is 369. The van der Waals surface area contributed by atoms with Crippen molar-refractivity contribution in [2.24, 2.45) is 0 Å². The van der Waals surface area contributed by atoms with Crippen molar-refractivity contribution in [2.75, 3.05) is 11.5 Å². The molecule has 1 atom stereocenters. The number of hydrogen-bond acceptors (Lipinski definition) is 3. The van der Waals surface area contributed by atoms with E-state index in [1.165, 1.54) is 30.0 Å². The average molecular weight is 280 g/mol. The molecule has 1 rings (SSSR count). The number of para-hydroxylation sites is 1. The number of ether oxygens (including phenoxy) is 1. The lowest BCUT2D eigenvalue weighted by Gasteiger charge is -2.16. The van der Waals surface area contributed by atoms with Crippen molar-refractivity contribution in [3.63, 3.8) is 0 Å². The van der Waals surface area contributed by atoms with E-state index >= 15 is 0 Å². The molecule has 0 aliphatic heterocycles. The molecule has 1 unspecified atom stereocenters. The maximum absolute atomic E-state index is 12.2. The van der Waals surface area contributed by atoms with Crippen LogP contribution in [0.4, 0.5) is 13.2 Å². The molecule has 0 spiro atoms. The molecular weight excluding hydrogens is 265 g/mol. The van der Waals surface area contributed by atoms with Gasteiger partial charge in [-0.05, 0) is 18.2 Å². The van der Waals surface area contributed by atoms with Gasteiger partial charge in [-0.2, -0.15) is 11.8 Å². The van der Waals surface area contributed by atoms with E-state index in [4.69, 9.17) is 0 Å². The first-order chi connectivity index (χ1) is 8.44. The lowest BCUT2D eigenvalue weighted by molar-refractivity contribution is -0.275. The van der Waals surface area contributed by atoms with Crippen LogP contribution in [0.15, 0.2) is 24.3 Å². The Balaban J connectivity index is 2.74. The monoisotopic (exact) mass is 280 g/mol. The predicted octanol–water partition coefficient (Wildman–Crippen LogP) is 3.76. The summed E-state index contributed by atoms with van der Waals surface area (Å²) in [5.74, 6) is 0.875. The van der Waals surface area contributed by atoms with Crippen LogP contribution in [0.1, 0.15) is 25.0 Å². The Morgan fingerprint density at radius 3 is 2.61 bits per heavy atom. The molecule has 0 bridgehead atoms. The lowest BCUT2D eigenvalue weighted by Crippen LogP contribution is -2.19. The third-order valence-corrected chi connectivity index (χ3v) is 3.38. The molecule has 102 valence electrons. The van der Waals surface area contributed by atoms with Crippen molar-refractivity contribution in [3.05, 3.63) is 29.8 Å². The molecule has 0 heterocycles. The molecule has 0 amide bonds. The van der Waals surface area contributed by atoms with Crippen LogP contribution in [0.5, 0.6) is 5.75 Å². The van der Waals surface area contributed by atoms with Crippen LogP contribution in [0.3, 0.4) is 0 Å². The summed E-state index contributed by atoms with van der Waals surface area (Å²) in [6.07, 6.45) is -4.75. The van der Waals surface area contributed by atoms with Crippen LogP contribution in [0.25, 0.3) is 0 Å². The highest BCUT2D eigenvalue weighted by Crippen LogP contribution is 2.31. The van der Waals surface area contributed by atoms with Crippen molar-refractivity contribution >= 4 is 11.8 Å². The Hall–Kier alpha value is -0.880. The highest BCUT2D eigenvalue weighted by Gasteiger charge is 2.32. The Morgan fingerprint density at radius 1 is 1.33 bits per heavy atom. The fourth-order valence-corrected chi connectivity index (χ4v) is 2.26. The van der Waals surface area contributed by atoms with Crippen molar-refractivity contribution in [1.29, 1.82) is 0 Å². The predicted molar refractivity (Wildman–Crippen MR) is 65.7 cm³/mol. The zero-order chi connectivity index (χ0) is 13.6. The second kappa shape index (κ2) is 6.89. The highest BCUT2D eigenvalue weighted by molar-refractivity contribution is 7.99. The van der Waals surface area contributed by atoms with E-state index in [0.717, 1.165) is 12.2 Å². The van der Waals surface area contributed by atoms with Gasteiger partial charge in [0.05, 0.1) is 6.10 Å². The van der Waals surface area contributed by atoms with E-state index < -0.39 is 12.5 Å². The van der Waals surface area contributed by atoms with Gasteiger partial charge in [0.15, 0.2) is 0 Å². The van der Waals surface area contributed by atoms with Gasteiger partial charge in [0.1, 0.15) is 5.75 Å². The van der Waals surface area contributed by atoms with Crippen molar-refractivity contribution in [2.45, 2.75) is 25.8 Å². The first-order valence-electron chi connectivity index (χ1n) is 5.54. The van der Waals surface area contributed by atoms with Gasteiger partial charge in [0.25, 0.3) is 0 Å². The number of halogens is 3. The van der Waals surface area contributed by atoms with Crippen molar-refractivity contribution < 1.29 is 23.0 Å². The highest BCUT2D eigenvalue weighted by atomic mass is 32.2. The number of rotatable bonds is 6. The normalized spacial score (nSPS) is 13.4. The van der Waals surface area contributed by atoms with E-state index in [-0.39, 0.29) is 11.3 Å². The summed E-state index contributed by atoms with van der Waals surface area (Å²) < 4.78 is 40.4. The molecule has 1 aromatic carbocycles. The summed E-state index contributed by atoms with van der Waals surface area (Å²) in [7, 11) is 0. The molecule has 18 heavy (non-hydrogen) atoms. The summed E-state index contributed by atoms with van der Waals surface area (Å²) in [5, 5.41) is 9.86. The molecule has 0 saturated carbocycles. The molecule has 0 saturated heterocycles. The van der Waals surface area contributed by atoms with Crippen LogP contribution in [0, 0.1) is 0 Å². The Morgan fingerprint density at radius 2 is 2.00 bits per heavy atom. The number of alkyl halides is 3. The summed E-state index contributed by atoms with van der Waals surface area (Å²) in [6, 6.07) is 5.66. The van der Waals surface area contributed by atoms with Crippen LogP contribution in [-0.4, -0.2) is 23.0 Å². The van der Waals surface area contributed by atoms with Gasteiger partial charge < -0.3 is 9.84 Å². The molecule has 0 radical (unpaired) electrons. The van der Waals surface area contributed by atoms with Crippen LogP contribution >= 0.6 is 11.8 Å². The number of hydrogen-bond donors (Lipinski definition) is 1. The van der Waals surface area contributed by atoms with Gasteiger partial charge >= 0.3 is 6.36 Å². The minimum Gasteiger partial charge on any atom is -0.405 e. The van der Waals surface area contributed by atoms with E-state index in [9.17, 15) is 18.3 Å². The first kappa shape index (κ1) is 15.2. The molecule has 0 aromatic heterocycles. The topological polar surface area (TPSA) is 29.5 Å². The largest absolute Gasteiger partial charge is 0.573 e. The summed E-state index contributed by atoms with van der Waals surface area (Å²) in [6.45, 7) is 2.00. The fourth-order valence-electron chi connectivity index (χ4n) is 1.40. The Kier molecular flexibility index (Phi) is 5.81. The Labute approximate surface area is 108 Å². The number of benzene rings is 1. The number of aliphatic hydroxyl groups excluding tert-OH is 1. The van der Waals surface area contributed by atoms with E-state index in [1.54, 1.807) is 6.07 Å². The second-order valence-corrected chi connectivity index (χ2v) is 4.83. The maximum atomic E-state index is 12.2. The van der Waals surface area contributed by atoms with Gasteiger partial charge in [-0.1, -0.05) is 25.1 Å². The van der Waals surface area contributed by atoms with Crippen LogP contribution in [0.2, 0.25) is 0 Å². The molecule has 2 nitrogen and oxygen atoms in total. The summed E-state index contributed by atoms with van der Waals surface area (Å²) >= 11 is 1.50. The van der Waals surface area contributed by atoms with Gasteiger partial charge in [-0.15, -0.1) is 13.2 Å². The van der Waals surface area contributed by atoms with Crippen LogP contribution < -0.4 is 4.74 Å². The van der Waals surface area contributed by atoms with E-state index in [0.29, 0.717) is 5.75 Å². The van der Waals surface area contributed by atoms with Gasteiger partial charge in [0, 0.05) is 11.3 Å². The average Bonchev–Trinajstić information content (AvgIpc) is 2.27. The molecule has 1 N–H and O–H groups in total. The minimum atomic E-state index is -4.74. The second-order valence-electron chi connectivity index (χ2n) is 3.68. The maximum Gasteiger partial charge on any atom is 0.573 e. The van der Waals surface area contributed by atoms with Gasteiger partial charge in [-0.25, -0.2) is 0 Å². The zero-order valence-corrected chi connectivity index (χ0v) is 10.7. The quantitative estimate of drug-likeness (QED) is 0.804. The van der Waals surface area contributed by atoms with E-state index in [2.05, 4.69) is 4.74 Å². The lowest BCUT2D eigenvalue weighted by atomic mass is 10.1. The molecular formula is C12H15F3O2S. The number of aliphatic hydroxyl groups is 1. The molecule has 6 heteroatoms. The smallest absolute Gasteiger partial charge is 0.405 e. The van der Waals surface area contributed by atoms with Gasteiger partial charge in [-0.3, -0.25) is 0 Å². The van der Waals surface area contributed by atoms with E-state index in [1.807, 2.05) is 6.92 Å². The molecule has 0 aliphatic rings. The first-order valence-corrected chi connectivity index (χ1v) is 6.70. The summed E-state index contributed by atoms with van der Waals surface area (Å²) in [4.78, 5) is 0. The molecule has 1 aromatic rings. The number of thioether (sulfide) groups is 1.